The quantitative estimate of drug-likeness (QED) is 0.698. The van der Waals surface area contributed by atoms with Gasteiger partial charge in [0.15, 0.2) is 0 Å². The van der Waals surface area contributed by atoms with Gasteiger partial charge in [-0.25, -0.2) is 4.79 Å². The zero-order valence-corrected chi connectivity index (χ0v) is 17.1. The molecule has 3 amide bonds. The third-order valence-electron chi connectivity index (χ3n) is 4.95. The molecule has 2 aromatic carbocycles. The first-order chi connectivity index (χ1) is 14.1. The van der Waals surface area contributed by atoms with Crippen molar-refractivity contribution in [2.75, 3.05) is 23.4 Å². The van der Waals surface area contributed by atoms with Gasteiger partial charge in [0.25, 0.3) is 0 Å². The Morgan fingerprint density at radius 2 is 1.83 bits per heavy atom. The Morgan fingerprint density at radius 3 is 2.48 bits per heavy atom. The van der Waals surface area contributed by atoms with Gasteiger partial charge in [-0.05, 0) is 61.7 Å². The van der Waals surface area contributed by atoms with Gasteiger partial charge in [-0.15, -0.1) is 0 Å². The predicted octanol–water partition coefficient (Wildman–Crippen LogP) is 4.35. The molecule has 29 heavy (non-hydrogen) atoms. The molecule has 1 aliphatic heterocycles. The molecule has 1 fully saturated rings. The molecule has 0 aliphatic carbocycles. The fraction of sp³-hybridized carbons (Fsp3) is 0.391. The number of carbonyl (C=O) groups excluding carboxylic acids is 2. The number of anilines is 2. The number of ether oxygens (including phenoxy) is 1. The molecule has 0 bridgehead atoms. The maximum absolute atomic E-state index is 12.4. The van der Waals surface area contributed by atoms with E-state index in [0.29, 0.717) is 13.2 Å². The Balaban J connectivity index is 1.51. The van der Waals surface area contributed by atoms with Crippen molar-refractivity contribution >= 4 is 23.3 Å². The Hall–Kier alpha value is -3.02. The molecule has 154 valence electrons. The number of nitrogens with one attached hydrogen (secondary N) is 2. The van der Waals surface area contributed by atoms with E-state index in [4.69, 9.17) is 4.74 Å². The lowest BCUT2D eigenvalue weighted by atomic mass is 10.1. The summed E-state index contributed by atoms with van der Waals surface area (Å²) >= 11 is 0. The van der Waals surface area contributed by atoms with Gasteiger partial charge in [-0.2, -0.15) is 0 Å². The molecule has 2 N–H and O–H groups in total. The van der Waals surface area contributed by atoms with Crippen molar-refractivity contribution in [2.45, 2.75) is 45.6 Å². The number of rotatable bonds is 8. The molecule has 0 saturated carbocycles. The average Bonchev–Trinajstić information content (AvgIpc) is 3.08. The molecule has 2 aromatic rings. The lowest BCUT2D eigenvalue weighted by molar-refractivity contribution is -0.117. The number of urea groups is 1. The Labute approximate surface area is 172 Å². The molecule has 0 unspecified atom stereocenters. The Bertz CT molecular complexity index is 818. The van der Waals surface area contributed by atoms with E-state index in [1.54, 1.807) is 4.90 Å². The third-order valence-corrected chi connectivity index (χ3v) is 4.95. The van der Waals surface area contributed by atoms with Crippen molar-refractivity contribution < 1.29 is 14.3 Å². The lowest BCUT2D eigenvalue weighted by Crippen LogP contribution is -2.39. The molecule has 1 heterocycles. The largest absolute Gasteiger partial charge is 0.494 e. The smallest absolute Gasteiger partial charge is 0.319 e. The van der Waals surface area contributed by atoms with Crippen LogP contribution in [-0.2, 0) is 11.2 Å². The monoisotopic (exact) mass is 395 g/mol. The summed E-state index contributed by atoms with van der Waals surface area (Å²) in [4.78, 5) is 26.4. The first kappa shape index (κ1) is 20.7. The van der Waals surface area contributed by atoms with Crippen LogP contribution in [0.5, 0.6) is 5.75 Å². The summed E-state index contributed by atoms with van der Waals surface area (Å²) in [6, 6.07) is 14.8. The van der Waals surface area contributed by atoms with Crippen molar-refractivity contribution in [1.82, 2.24) is 5.32 Å². The number of benzene rings is 2. The average molecular weight is 396 g/mol. The van der Waals surface area contributed by atoms with Crippen LogP contribution in [0.1, 0.15) is 38.7 Å². The summed E-state index contributed by atoms with van der Waals surface area (Å²) in [5.74, 6) is 0.775. The number of hydrogen-bond acceptors (Lipinski definition) is 3. The summed E-state index contributed by atoms with van der Waals surface area (Å²) in [6.07, 6.45) is 3.66. The van der Waals surface area contributed by atoms with Gasteiger partial charge >= 0.3 is 6.03 Å². The van der Waals surface area contributed by atoms with Crippen LogP contribution in [0.3, 0.4) is 0 Å². The number of unbranched alkanes of at least 4 members (excludes halogenated alkanes) is 1. The summed E-state index contributed by atoms with van der Waals surface area (Å²) in [7, 11) is 0. The van der Waals surface area contributed by atoms with Gasteiger partial charge in [0.05, 0.1) is 12.6 Å². The highest BCUT2D eigenvalue weighted by atomic mass is 16.5. The number of nitrogens with zero attached hydrogens (tertiary/aromatic N) is 1. The van der Waals surface area contributed by atoms with Crippen LogP contribution < -0.4 is 20.3 Å². The van der Waals surface area contributed by atoms with Crippen LogP contribution in [0.2, 0.25) is 0 Å². The molecule has 1 saturated heterocycles. The van der Waals surface area contributed by atoms with Gasteiger partial charge in [0.2, 0.25) is 5.91 Å². The molecule has 1 atom stereocenters. The zero-order valence-electron chi connectivity index (χ0n) is 17.1. The summed E-state index contributed by atoms with van der Waals surface area (Å²) in [5, 5.41) is 5.75. The van der Waals surface area contributed by atoms with Crippen LogP contribution in [0.25, 0.3) is 0 Å². The summed E-state index contributed by atoms with van der Waals surface area (Å²) in [6.45, 7) is 5.16. The van der Waals surface area contributed by atoms with E-state index in [9.17, 15) is 9.59 Å². The normalized spacial score (nSPS) is 16.0. The molecular weight excluding hydrogens is 366 g/mol. The van der Waals surface area contributed by atoms with Crippen LogP contribution in [0.4, 0.5) is 16.2 Å². The van der Waals surface area contributed by atoms with E-state index in [1.165, 1.54) is 5.56 Å². The standard InChI is InChI=1S/C23H29N3O3/c1-3-5-6-17-7-9-18(10-8-17)24-23(28)25-19-15-22(27)26(16-19)20-11-13-21(14-12-20)29-4-2/h7-14,19H,3-6,15-16H2,1-2H3,(H2,24,25,28)/t19-/m0/s1. The Kier molecular flexibility index (Phi) is 7.11. The second-order valence-electron chi connectivity index (χ2n) is 7.23. The van der Waals surface area contributed by atoms with Crippen LogP contribution >= 0.6 is 0 Å². The van der Waals surface area contributed by atoms with E-state index < -0.39 is 0 Å². The van der Waals surface area contributed by atoms with E-state index in [0.717, 1.165) is 36.4 Å². The fourth-order valence-electron chi connectivity index (χ4n) is 3.43. The molecule has 3 rings (SSSR count). The minimum absolute atomic E-state index is 0.000244. The van der Waals surface area contributed by atoms with Crippen molar-refractivity contribution in [3.63, 3.8) is 0 Å². The molecule has 0 spiro atoms. The maximum atomic E-state index is 12.4. The van der Waals surface area contributed by atoms with Crippen molar-refractivity contribution in [1.29, 1.82) is 0 Å². The predicted molar refractivity (Wildman–Crippen MR) is 116 cm³/mol. The van der Waals surface area contributed by atoms with E-state index in [1.807, 2.05) is 55.5 Å². The fourth-order valence-corrected chi connectivity index (χ4v) is 3.43. The van der Waals surface area contributed by atoms with Crippen LogP contribution in [-0.4, -0.2) is 31.1 Å². The van der Waals surface area contributed by atoms with E-state index >= 15 is 0 Å². The topological polar surface area (TPSA) is 70.7 Å². The highest BCUT2D eigenvalue weighted by molar-refractivity contribution is 5.97. The van der Waals surface area contributed by atoms with Gasteiger partial charge in [-0.1, -0.05) is 25.5 Å². The molecule has 6 heteroatoms. The van der Waals surface area contributed by atoms with Crippen LogP contribution in [0.15, 0.2) is 48.5 Å². The number of aryl methyl sites for hydroxylation is 1. The molecular formula is C23H29N3O3. The maximum Gasteiger partial charge on any atom is 0.319 e. The SMILES string of the molecule is CCCCc1ccc(NC(=O)N[C@H]2CC(=O)N(c3ccc(OCC)cc3)C2)cc1. The number of hydrogen-bond donors (Lipinski definition) is 2. The van der Waals surface area contributed by atoms with Gasteiger partial charge in [0, 0.05) is 24.3 Å². The number of carbonyl (C=O) groups is 2. The van der Waals surface area contributed by atoms with Gasteiger partial charge < -0.3 is 20.3 Å². The van der Waals surface area contributed by atoms with Crippen molar-refractivity contribution in [2.24, 2.45) is 0 Å². The first-order valence-electron chi connectivity index (χ1n) is 10.3. The van der Waals surface area contributed by atoms with E-state index in [2.05, 4.69) is 17.6 Å². The summed E-state index contributed by atoms with van der Waals surface area (Å²) in [5.41, 5.74) is 2.83. The van der Waals surface area contributed by atoms with Gasteiger partial charge in [0.1, 0.15) is 5.75 Å². The summed E-state index contributed by atoms with van der Waals surface area (Å²) < 4.78 is 5.44. The highest BCUT2D eigenvalue weighted by Crippen LogP contribution is 2.24. The molecule has 0 aromatic heterocycles. The Morgan fingerprint density at radius 1 is 1.10 bits per heavy atom. The molecule has 1 aliphatic rings. The highest BCUT2D eigenvalue weighted by Gasteiger charge is 2.31. The first-order valence-corrected chi connectivity index (χ1v) is 10.3. The van der Waals surface area contributed by atoms with Crippen molar-refractivity contribution in [3.05, 3.63) is 54.1 Å². The minimum atomic E-state index is -0.294. The van der Waals surface area contributed by atoms with Gasteiger partial charge in [-0.3, -0.25) is 4.79 Å². The lowest BCUT2D eigenvalue weighted by Gasteiger charge is -2.18. The zero-order chi connectivity index (χ0) is 20.6. The minimum Gasteiger partial charge on any atom is -0.494 e. The number of amides is 3. The second-order valence-corrected chi connectivity index (χ2v) is 7.23. The molecule has 6 nitrogen and oxygen atoms in total. The molecule has 0 radical (unpaired) electrons. The van der Waals surface area contributed by atoms with Crippen LogP contribution in [0, 0.1) is 0 Å². The third kappa shape index (κ3) is 5.73. The van der Waals surface area contributed by atoms with Crippen molar-refractivity contribution in [3.8, 4) is 5.75 Å². The van der Waals surface area contributed by atoms with E-state index in [-0.39, 0.29) is 24.4 Å². The second kappa shape index (κ2) is 9.96.